The molecule has 0 aliphatic carbocycles. The van der Waals surface area contributed by atoms with Crippen LogP contribution in [0.4, 0.5) is 0 Å². The van der Waals surface area contributed by atoms with Crippen LogP contribution in [0.1, 0.15) is 16.9 Å². The van der Waals surface area contributed by atoms with E-state index in [0.29, 0.717) is 6.42 Å². The minimum atomic E-state index is 0.283. The van der Waals surface area contributed by atoms with Crippen molar-refractivity contribution in [2.24, 2.45) is 0 Å². The lowest BCUT2D eigenvalue weighted by Crippen LogP contribution is -2.35. The Morgan fingerprint density at radius 1 is 1.25 bits per heavy atom. The fourth-order valence-corrected chi connectivity index (χ4v) is 4.14. The molecule has 0 atom stereocenters. The summed E-state index contributed by atoms with van der Waals surface area (Å²) in [6.45, 7) is 1.68. The van der Waals surface area contributed by atoms with Crippen molar-refractivity contribution in [3.05, 3.63) is 52.2 Å². The number of thiophene rings is 1. The number of rotatable bonds is 4. The van der Waals surface area contributed by atoms with Gasteiger partial charge in [0.25, 0.3) is 0 Å². The summed E-state index contributed by atoms with van der Waals surface area (Å²) in [4.78, 5) is 16.9. The second-order valence-electron chi connectivity index (χ2n) is 4.85. The highest BCUT2D eigenvalue weighted by atomic mass is 32.2. The quantitative estimate of drug-likeness (QED) is 0.800. The summed E-state index contributed by atoms with van der Waals surface area (Å²) in [7, 11) is 0. The van der Waals surface area contributed by atoms with Crippen LogP contribution in [-0.2, 0) is 17.8 Å². The van der Waals surface area contributed by atoms with Gasteiger partial charge in [-0.3, -0.25) is 4.79 Å². The summed E-state index contributed by atoms with van der Waals surface area (Å²) < 4.78 is 0. The third-order valence-corrected chi connectivity index (χ3v) is 5.52. The summed E-state index contributed by atoms with van der Waals surface area (Å²) in [6.07, 6.45) is 1.64. The first kappa shape index (κ1) is 13.7. The Bertz CT molecular complexity index is 579. The van der Waals surface area contributed by atoms with Gasteiger partial charge >= 0.3 is 0 Å². The fraction of sp³-hybridized carbons (Fsp3) is 0.312. The first-order valence-electron chi connectivity index (χ1n) is 6.84. The van der Waals surface area contributed by atoms with Gasteiger partial charge in [-0.1, -0.05) is 18.2 Å². The maximum atomic E-state index is 12.2. The molecule has 104 valence electrons. The second kappa shape index (κ2) is 6.46. The van der Waals surface area contributed by atoms with E-state index in [0.717, 1.165) is 25.3 Å². The van der Waals surface area contributed by atoms with E-state index < -0.39 is 0 Å². The zero-order valence-electron chi connectivity index (χ0n) is 11.2. The molecule has 2 aromatic rings. The molecule has 4 heteroatoms. The number of amides is 1. The zero-order valence-corrected chi connectivity index (χ0v) is 12.9. The number of benzene rings is 1. The van der Waals surface area contributed by atoms with Crippen molar-refractivity contribution in [3.63, 3.8) is 0 Å². The number of nitrogens with zero attached hydrogens (tertiary/aromatic N) is 1. The van der Waals surface area contributed by atoms with Gasteiger partial charge in [-0.25, -0.2) is 0 Å². The Balaban J connectivity index is 1.48. The van der Waals surface area contributed by atoms with Crippen molar-refractivity contribution in [2.75, 3.05) is 12.3 Å². The second-order valence-corrected chi connectivity index (χ2v) is 7.01. The van der Waals surface area contributed by atoms with Crippen molar-refractivity contribution in [1.82, 2.24) is 4.90 Å². The number of carbonyl (C=O) groups excluding carboxylic acids is 1. The molecule has 2 nitrogen and oxygen atoms in total. The summed E-state index contributed by atoms with van der Waals surface area (Å²) in [6, 6.07) is 12.4. The molecule has 0 fully saturated rings. The minimum Gasteiger partial charge on any atom is -0.338 e. The SMILES string of the molecule is O=C(CCSc1ccccc1)N1CCc2sccc2C1. The lowest BCUT2D eigenvalue weighted by atomic mass is 10.1. The Labute approximate surface area is 127 Å². The predicted octanol–water partition coefficient (Wildman–Crippen LogP) is 3.82. The van der Waals surface area contributed by atoms with Crippen LogP contribution >= 0.6 is 23.1 Å². The van der Waals surface area contributed by atoms with Crippen LogP contribution in [0.15, 0.2) is 46.7 Å². The summed E-state index contributed by atoms with van der Waals surface area (Å²) >= 11 is 3.57. The highest BCUT2D eigenvalue weighted by molar-refractivity contribution is 7.99. The first-order valence-corrected chi connectivity index (χ1v) is 8.70. The van der Waals surface area contributed by atoms with E-state index in [9.17, 15) is 4.79 Å². The number of hydrogen-bond donors (Lipinski definition) is 0. The largest absolute Gasteiger partial charge is 0.338 e. The monoisotopic (exact) mass is 303 g/mol. The van der Waals surface area contributed by atoms with E-state index in [-0.39, 0.29) is 5.91 Å². The molecular weight excluding hydrogens is 286 g/mol. The minimum absolute atomic E-state index is 0.283. The van der Waals surface area contributed by atoms with Crippen LogP contribution in [0.2, 0.25) is 0 Å². The number of hydrogen-bond acceptors (Lipinski definition) is 3. The zero-order chi connectivity index (χ0) is 13.8. The fourth-order valence-electron chi connectivity index (χ4n) is 2.39. The van der Waals surface area contributed by atoms with Crippen LogP contribution in [-0.4, -0.2) is 23.1 Å². The summed E-state index contributed by atoms with van der Waals surface area (Å²) in [5.74, 6) is 1.14. The van der Waals surface area contributed by atoms with Gasteiger partial charge in [-0.2, -0.15) is 0 Å². The molecule has 1 aliphatic rings. The number of thioether (sulfide) groups is 1. The summed E-state index contributed by atoms with van der Waals surface area (Å²) in [5.41, 5.74) is 1.34. The highest BCUT2D eigenvalue weighted by Gasteiger charge is 2.20. The van der Waals surface area contributed by atoms with E-state index in [2.05, 4.69) is 23.6 Å². The molecule has 0 unspecified atom stereocenters. The van der Waals surface area contributed by atoms with Gasteiger partial charge in [0.15, 0.2) is 0 Å². The molecule has 1 amide bonds. The van der Waals surface area contributed by atoms with Gasteiger partial charge in [0.1, 0.15) is 0 Å². The van der Waals surface area contributed by atoms with Crippen molar-refractivity contribution >= 4 is 29.0 Å². The smallest absolute Gasteiger partial charge is 0.223 e. The van der Waals surface area contributed by atoms with E-state index >= 15 is 0 Å². The molecule has 1 aliphatic heterocycles. The predicted molar refractivity (Wildman–Crippen MR) is 85.2 cm³/mol. The van der Waals surface area contributed by atoms with E-state index in [1.165, 1.54) is 15.3 Å². The van der Waals surface area contributed by atoms with Gasteiger partial charge in [-0.15, -0.1) is 23.1 Å². The maximum Gasteiger partial charge on any atom is 0.223 e. The molecule has 20 heavy (non-hydrogen) atoms. The molecule has 1 aromatic carbocycles. The Kier molecular flexibility index (Phi) is 4.43. The third kappa shape index (κ3) is 3.25. The van der Waals surface area contributed by atoms with Crippen molar-refractivity contribution in [3.8, 4) is 0 Å². The molecule has 3 rings (SSSR count). The summed E-state index contributed by atoms with van der Waals surface area (Å²) in [5, 5.41) is 2.13. The van der Waals surface area contributed by atoms with Crippen LogP contribution in [0.3, 0.4) is 0 Å². The molecule has 0 spiro atoms. The third-order valence-electron chi connectivity index (χ3n) is 3.49. The molecule has 0 saturated heterocycles. The van der Waals surface area contributed by atoms with Gasteiger partial charge in [0.05, 0.1) is 0 Å². The lowest BCUT2D eigenvalue weighted by molar-refractivity contribution is -0.131. The molecule has 0 radical (unpaired) electrons. The standard InChI is InChI=1S/C16H17NOS2/c18-16(8-11-19-14-4-2-1-3-5-14)17-9-6-15-13(12-17)7-10-20-15/h1-5,7,10H,6,8-9,11-12H2. The molecular formula is C16H17NOS2. The average molecular weight is 303 g/mol. The van der Waals surface area contributed by atoms with E-state index in [1.807, 2.05) is 34.4 Å². The van der Waals surface area contributed by atoms with Crippen molar-refractivity contribution < 1.29 is 4.79 Å². The van der Waals surface area contributed by atoms with Gasteiger partial charge < -0.3 is 4.90 Å². The molecule has 1 aromatic heterocycles. The highest BCUT2D eigenvalue weighted by Crippen LogP contribution is 2.25. The lowest BCUT2D eigenvalue weighted by Gasteiger charge is -2.27. The maximum absolute atomic E-state index is 12.2. The molecule has 0 bridgehead atoms. The topological polar surface area (TPSA) is 20.3 Å². The average Bonchev–Trinajstić information content (AvgIpc) is 2.95. The van der Waals surface area contributed by atoms with Crippen LogP contribution < -0.4 is 0 Å². The van der Waals surface area contributed by atoms with Gasteiger partial charge in [0, 0.05) is 35.0 Å². The first-order chi connectivity index (χ1) is 9.83. The van der Waals surface area contributed by atoms with E-state index in [4.69, 9.17) is 0 Å². The Hall–Kier alpha value is -1.26. The normalized spacial score (nSPS) is 14.1. The van der Waals surface area contributed by atoms with E-state index in [1.54, 1.807) is 11.8 Å². The van der Waals surface area contributed by atoms with Crippen LogP contribution in [0, 0.1) is 0 Å². The van der Waals surface area contributed by atoms with Crippen molar-refractivity contribution in [1.29, 1.82) is 0 Å². The van der Waals surface area contributed by atoms with Gasteiger partial charge in [0.2, 0.25) is 5.91 Å². The van der Waals surface area contributed by atoms with Crippen LogP contribution in [0.25, 0.3) is 0 Å². The molecule has 0 saturated carbocycles. The van der Waals surface area contributed by atoms with Crippen molar-refractivity contribution in [2.45, 2.75) is 24.3 Å². The number of carbonyl (C=O) groups is 1. The molecule has 2 heterocycles. The Morgan fingerprint density at radius 3 is 2.95 bits per heavy atom. The van der Waals surface area contributed by atoms with Crippen LogP contribution in [0.5, 0.6) is 0 Å². The van der Waals surface area contributed by atoms with Gasteiger partial charge in [-0.05, 0) is 35.6 Å². The Morgan fingerprint density at radius 2 is 2.10 bits per heavy atom. The molecule has 0 N–H and O–H groups in total. The number of fused-ring (bicyclic) bond motifs is 1.